The van der Waals surface area contributed by atoms with E-state index in [9.17, 15) is 23.1 Å². The Balaban J connectivity index is 1.73. The molecule has 0 spiro atoms. The lowest BCUT2D eigenvalue weighted by atomic mass is 10.0. The molecule has 204 valence electrons. The van der Waals surface area contributed by atoms with Gasteiger partial charge in [-0.05, 0) is 35.9 Å². The quantitative estimate of drug-likeness (QED) is 0.194. The minimum absolute atomic E-state index is 0.159. The van der Waals surface area contributed by atoms with Gasteiger partial charge in [0.2, 0.25) is 6.10 Å². The van der Waals surface area contributed by atoms with E-state index in [1.807, 2.05) is 0 Å². The average Bonchev–Trinajstić information content (AvgIpc) is 2.94. The summed E-state index contributed by atoms with van der Waals surface area (Å²) in [6.07, 6.45) is -0.0862. The molecule has 1 atom stereocenters. The van der Waals surface area contributed by atoms with Gasteiger partial charge in [0.25, 0.3) is 5.91 Å². The highest BCUT2D eigenvalue weighted by molar-refractivity contribution is 7.90. The Morgan fingerprint density at radius 2 is 1.57 bits per heavy atom. The van der Waals surface area contributed by atoms with Gasteiger partial charge >= 0.3 is 5.97 Å². The maximum absolute atomic E-state index is 13.9. The van der Waals surface area contributed by atoms with Crippen molar-refractivity contribution in [1.29, 1.82) is 5.41 Å². The molecular formula is C30H27N3O6S. The van der Waals surface area contributed by atoms with Gasteiger partial charge < -0.3 is 15.6 Å². The number of amidine groups is 1. The summed E-state index contributed by atoms with van der Waals surface area (Å²) in [7, 11) is -3.50. The summed E-state index contributed by atoms with van der Waals surface area (Å²) in [5, 5.41) is 17.3. The van der Waals surface area contributed by atoms with Crippen LogP contribution in [-0.2, 0) is 19.4 Å². The van der Waals surface area contributed by atoms with Gasteiger partial charge in [-0.3, -0.25) is 19.9 Å². The van der Waals surface area contributed by atoms with E-state index in [4.69, 9.17) is 15.9 Å². The normalized spacial score (nSPS) is 11.8. The van der Waals surface area contributed by atoms with Crippen molar-refractivity contribution in [1.82, 2.24) is 0 Å². The van der Waals surface area contributed by atoms with E-state index in [2.05, 4.69) is 0 Å². The molecule has 4 aromatic rings. The second kappa shape index (κ2) is 11.8. The number of nitrogens with zero attached hydrogens (tertiary/aromatic N) is 1. The molecule has 1 unspecified atom stereocenters. The number of aliphatic carboxylic acids is 1. The highest BCUT2D eigenvalue weighted by Crippen LogP contribution is 2.31. The van der Waals surface area contributed by atoms with Crippen molar-refractivity contribution < 1.29 is 27.9 Å². The Morgan fingerprint density at radius 1 is 0.925 bits per heavy atom. The molecule has 0 saturated carbocycles. The smallest absolute Gasteiger partial charge is 0.323 e. The highest BCUT2D eigenvalue weighted by Gasteiger charge is 2.30. The van der Waals surface area contributed by atoms with Crippen molar-refractivity contribution in [2.75, 3.05) is 17.7 Å². The van der Waals surface area contributed by atoms with Crippen LogP contribution in [0.15, 0.2) is 108 Å². The minimum Gasteiger partial charge on any atom is -0.480 e. The predicted molar refractivity (Wildman–Crippen MR) is 152 cm³/mol. The second-order valence-electron chi connectivity index (χ2n) is 8.98. The van der Waals surface area contributed by atoms with Gasteiger partial charge in [-0.25, -0.2) is 8.42 Å². The molecule has 4 rings (SSSR count). The van der Waals surface area contributed by atoms with Gasteiger partial charge in [0.15, 0.2) is 9.84 Å². The largest absolute Gasteiger partial charge is 0.480 e. The number of rotatable bonds is 10. The first-order valence-corrected chi connectivity index (χ1v) is 14.0. The molecule has 0 bridgehead atoms. The Morgan fingerprint density at radius 3 is 2.20 bits per heavy atom. The fourth-order valence-corrected chi connectivity index (χ4v) is 5.10. The number of nitrogens with one attached hydrogen (secondary N) is 1. The first-order chi connectivity index (χ1) is 19.0. The molecule has 0 aliphatic rings. The first-order valence-electron chi connectivity index (χ1n) is 12.1. The van der Waals surface area contributed by atoms with E-state index >= 15 is 0 Å². The van der Waals surface area contributed by atoms with Crippen LogP contribution in [0.3, 0.4) is 0 Å². The number of carboxylic acid groups (broad SMARTS) is 1. The topological polar surface area (TPSA) is 151 Å². The Labute approximate surface area is 231 Å². The van der Waals surface area contributed by atoms with Crippen LogP contribution in [0.2, 0.25) is 0 Å². The summed E-state index contributed by atoms with van der Waals surface area (Å²) in [6.45, 7) is -0.641. The number of hydrogen-bond donors (Lipinski definition) is 3. The van der Waals surface area contributed by atoms with Crippen LogP contribution in [0.1, 0.15) is 17.2 Å². The zero-order chi connectivity index (χ0) is 28.9. The molecule has 1 amide bonds. The molecule has 0 fully saturated rings. The molecule has 40 heavy (non-hydrogen) atoms. The number of carboxylic acids is 1. The Hall–Kier alpha value is -4.96. The van der Waals surface area contributed by atoms with Crippen LogP contribution in [0.25, 0.3) is 11.1 Å². The van der Waals surface area contributed by atoms with Crippen molar-refractivity contribution in [3.8, 4) is 16.9 Å². The minimum atomic E-state index is -3.50. The van der Waals surface area contributed by atoms with Crippen molar-refractivity contribution in [2.24, 2.45) is 5.73 Å². The number of nitrogens with two attached hydrogens (primary N) is 1. The number of sulfone groups is 1. The molecular weight excluding hydrogens is 530 g/mol. The number of anilines is 1. The van der Waals surface area contributed by atoms with Gasteiger partial charge in [-0.2, -0.15) is 0 Å². The van der Waals surface area contributed by atoms with E-state index in [0.717, 1.165) is 11.2 Å². The second-order valence-corrected chi connectivity index (χ2v) is 11.0. The molecule has 0 aliphatic heterocycles. The molecule has 4 aromatic carbocycles. The summed E-state index contributed by atoms with van der Waals surface area (Å²) >= 11 is 0. The van der Waals surface area contributed by atoms with Crippen LogP contribution in [0, 0.1) is 5.41 Å². The first kappa shape index (κ1) is 28.1. The number of nitrogen functional groups attached to an aromatic ring is 1. The van der Waals surface area contributed by atoms with Crippen LogP contribution < -0.4 is 15.4 Å². The lowest BCUT2D eigenvalue weighted by Crippen LogP contribution is -2.40. The van der Waals surface area contributed by atoms with Crippen LogP contribution in [0.5, 0.6) is 5.75 Å². The van der Waals surface area contributed by atoms with Crippen molar-refractivity contribution in [3.63, 3.8) is 0 Å². The Bertz CT molecular complexity index is 1650. The van der Waals surface area contributed by atoms with Gasteiger partial charge in [0, 0.05) is 28.6 Å². The van der Waals surface area contributed by atoms with Gasteiger partial charge in [-0.15, -0.1) is 0 Å². The van der Waals surface area contributed by atoms with E-state index < -0.39 is 34.4 Å². The molecule has 4 N–H and O–H groups in total. The summed E-state index contributed by atoms with van der Waals surface area (Å²) < 4.78 is 30.6. The Kier molecular flexibility index (Phi) is 8.30. The molecule has 0 heterocycles. The third-order valence-electron chi connectivity index (χ3n) is 6.06. The fraction of sp³-hybridized carbons (Fsp3) is 0.100. The predicted octanol–water partition coefficient (Wildman–Crippen LogP) is 4.28. The van der Waals surface area contributed by atoms with Crippen LogP contribution in [-0.4, -0.2) is 44.0 Å². The van der Waals surface area contributed by atoms with Crippen LogP contribution in [0.4, 0.5) is 5.69 Å². The summed E-state index contributed by atoms with van der Waals surface area (Å²) in [6, 6.07) is 28.0. The highest BCUT2D eigenvalue weighted by atomic mass is 32.2. The lowest BCUT2D eigenvalue weighted by Gasteiger charge is -2.27. The average molecular weight is 558 g/mol. The number of amides is 1. The zero-order valence-corrected chi connectivity index (χ0v) is 22.3. The van der Waals surface area contributed by atoms with Gasteiger partial charge in [0.1, 0.15) is 18.1 Å². The lowest BCUT2D eigenvalue weighted by molar-refractivity contribution is -0.137. The third kappa shape index (κ3) is 6.54. The third-order valence-corrected chi connectivity index (χ3v) is 7.22. The standard InChI is InChI=1S/C30H27N3O6S/c1-40(37,38)26-13-6-5-12-25(26)20-14-16-23(17-15-20)33(19-27(34)35)30(36)28(21-8-3-2-4-9-21)39-24-11-7-10-22(18-24)29(31)32/h2-18,28H,19H2,1H3,(H3,31,32)(H,34,35). The molecule has 0 radical (unpaired) electrons. The SMILES string of the molecule is CS(=O)(=O)c1ccccc1-c1ccc(N(CC(=O)O)C(=O)C(Oc2cccc(C(=N)N)c2)c2ccccc2)cc1. The summed E-state index contributed by atoms with van der Waals surface area (Å²) in [4.78, 5) is 27.0. The molecule has 0 saturated heterocycles. The van der Waals surface area contributed by atoms with E-state index in [-0.39, 0.29) is 22.2 Å². The number of hydrogen-bond acceptors (Lipinski definition) is 6. The van der Waals surface area contributed by atoms with Crippen LogP contribution >= 0.6 is 0 Å². The number of ether oxygens (including phenoxy) is 1. The number of carbonyl (C=O) groups is 2. The zero-order valence-electron chi connectivity index (χ0n) is 21.5. The van der Waals surface area contributed by atoms with E-state index in [1.54, 1.807) is 91.0 Å². The summed E-state index contributed by atoms with van der Waals surface area (Å²) in [5.41, 5.74) is 7.87. The maximum atomic E-state index is 13.9. The van der Waals surface area contributed by atoms with Gasteiger partial charge in [0.05, 0.1) is 4.90 Å². The number of benzene rings is 4. The van der Waals surface area contributed by atoms with E-state index in [1.165, 1.54) is 12.1 Å². The molecule has 9 nitrogen and oxygen atoms in total. The summed E-state index contributed by atoms with van der Waals surface area (Å²) in [5.74, 6) is -1.76. The van der Waals surface area contributed by atoms with Crippen molar-refractivity contribution in [3.05, 3.63) is 114 Å². The molecule has 0 aromatic heterocycles. The molecule has 0 aliphatic carbocycles. The molecule has 10 heteroatoms. The van der Waals surface area contributed by atoms with Crippen molar-refractivity contribution in [2.45, 2.75) is 11.0 Å². The number of carbonyl (C=O) groups excluding carboxylic acids is 1. The fourth-order valence-electron chi connectivity index (χ4n) is 4.18. The van der Waals surface area contributed by atoms with E-state index in [0.29, 0.717) is 22.3 Å². The van der Waals surface area contributed by atoms with Crippen molar-refractivity contribution >= 4 is 33.2 Å². The van der Waals surface area contributed by atoms with Gasteiger partial charge in [-0.1, -0.05) is 72.8 Å². The maximum Gasteiger partial charge on any atom is 0.323 e. The monoisotopic (exact) mass is 557 g/mol.